The first-order valence-electron chi connectivity index (χ1n) is 18.1. The number of carbonyl (C=O) groups is 7. The lowest BCUT2D eigenvalue weighted by Crippen LogP contribution is -2.42. The van der Waals surface area contributed by atoms with Gasteiger partial charge in [0.1, 0.15) is 11.5 Å². The highest BCUT2D eigenvalue weighted by atomic mass is 16.5. The fourth-order valence-electron chi connectivity index (χ4n) is 4.82. The molecule has 1 rings (SSSR count). The van der Waals surface area contributed by atoms with Gasteiger partial charge in [0.05, 0.1) is 91.2 Å². The number of carboxylic acids is 4. The lowest BCUT2D eigenvalue weighted by atomic mass is 9.97. The van der Waals surface area contributed by atoms with Crippen molar-refractivity contribution in [2.24, 2.45) is 11.0 Å². The Hall–Kier alpha value is -5.14. The van der Waals surface area contributed by atoms with Crippen molar-refractivity contribution in [2.75, 3.05) is 66.0 Å². The number of ketones is 2. The van der Waals surface area contributed by atoms with Crippen LogP contribution in [0.5, 0.6) is 5.75 Å². The van der Waals surface area contributed by atoms with E-state index in [2.05, 4.69) is 15.3 Å². The Bertz CT molecular complexity index is 1340. The Morgan fingerprint density at radius 1 is 0.625 bits per heavy atom. The molecule has 0 unspecified atom stereocenters. The molecular formula is C36H52N4O16. The summed E-state index contributed by atoms with van der Waals surface area (Å²) in [6.07, 6.45) is 1.63. The van der Waals surface area contributed by atoms with Crippen LogP contribution in [-0.2, 0) is 42.9 Å². The van der Waals surface area contributed by atoms with Gasteiger partial charge in [0, 0.05) is 47.8 Å². The molecule has 0 saturated heterocycles. The maximum absolute atomic E-state index is 13.7. The summed E-state index contributed by atoms with van der Waals surface area (Å²) < 4.78 is 27.5. The quantitative estimate of drug-likeness (QED) is 0.0213. The van der Waals surface area contributed by atoms with Gasteiger partial charge in [-0.1, -0.05) is 11.5 Å². The van der Waals surface area contributed by atoms with Gasteiger partial charge in [-0.25, -0.2) is 0 Å². The number of hydrogen-bond donors (Lipinski definition) is 5. The molecule has 1 aromatic rings. The maximum Gasteiger partial charge on any atom is 0.305 e. The van der Waals surface area contributed by atoms with Crippen LogP contribution in [0.25, 0.3) is 10.4 Å². The van der Waals surface area contributed by atoms with E-state index in [4.69, 9.17) is 49.6 Å². The lowest BCUT2D eigenvalue weighted by Gasteiger charge is -2.20. The number of carboxylic acid groups (broad SMARTS) is 4. The normalized spacial score (nSPS) is 10.9. The molecular weight excluding hydrogens is 744 g/mol. The second-order valence-electron chi connectivity index (χ2n) is 12.5. The van der Waals surface area contributed by atoms with Crippen LogP contribution in [0.4, 0.5) is 0 Å². The molecule has 1 aromatic carbocycles. The molecule has 0 spiro atoms. The largest absolute Gasteiger partial charge is 0.494 e. The van der Waals surface area contributed by atoms with E-state index in [-0.39, 0.29) is 121 Å². The Balaban J connectivity index is 3.19. The van der Waals surface area contributed by atoms with Crippen LogP contribution in [-0.4, -0.2) is 134 Å². The summed E-state index contributed by atoms with van der Waals surface area (Å²) in [6, 6.07) is 3.26. The minimum atomic E-state index is -1.10. The van der Waals surface area contributed by atoms with Gasteiger partial charge in [0.15, 0.2) is 5.78 Å². The molecule has 0 aliphatic rings. The van der Waals surface area contributed by atoms with Gasteiger partial charge in [-0.05, 0) is 43.0 Å². The van der Waals surface area contributed by atoms with Crippen LogP contribution in [0.3, 0.4) is 0 Å². The van der Waals surface area contributed by atoms with Crippen LogP contribution in [0.15, 0.2) is 23.3 Å². The molecule has 0 radical (unpaired) electrons. The monoisotopic (exact) mass is 796 g/mol. The minimum absolute atomic E-state index is 0.0179. The Morgan fingerprint density at radius 2 is 1.12 bits per heavy atom. The number of azide groups is 1. The van der Waals surface area contributed by atoms with E-state index in [1.54, 1.807) is 0 Å². The fourth-order valence-corrected chi connectivity index (χ4v) is 4.82. The first kappa shape index (κ1) is 48.9. The molecule has 0 atom stereocenters. The summed E-state index contributed by atoms with van der Waals surface area (Å²) in [6.45, 7) is -0.692. The number of carbonyl (C=O) groups excluding carboxylic acids is 3. The van der Waals surface area contributed by atoms with E-state index in [0.717, 1.165) is 6.42 Å². The number of amides is 1. The Labute approximate surface area is 323 Å². The van der Waals surface area contributed by atoms with Crippen molar-refractivity contribution >= 4 is 41.4 Å². The van der Waals surface area contributed by atoms with Crippen molar-refractivity contribution in [3.8, 4) is 5.75 Å². The zero-order valence-corrected chi connectivity index (χ0v) is 31.3. The number of aliphatic carboxylic acids is 4. The predicted molar refractivity (Wildman–Crippen MR) is 195 cm³/mol. The molecule has 0 aliphatic heterocycles. The first-order valence-corrected chi connectivity index (χ1v) is 18.1. The summed E-state index contributed by atoms with van der Waals surface area (Å²) in [7, 11) is 0. The van der Waals surface area contributed by atoms with E-state index in [1.807, 2.05) is 0 Å². The molecule has 312 valence electrons. The third-order valence-electron chi connectivity index (χ3n) is 7.63. The van der Waals surface area contributed by atoms with Crippen molar-refractivity contribution in [3.05, 3.63) is 39.8 Å². The van der Waals surface area contributed by atoms with Gasteiger partial charge in [0.25, 0.3) is 5.91 Å². The van der Waals surface area contributed by atoms with Gasteiger partial charge in [-0.2, -0.15) is 0 Å². The molecule has 0 heterocycles. The molecule has 0 saturated carbocycles. The zero-order chi connectivity index (χ0) is 41.6. The van der Waals surface area contributed by atoms with Crippen molar-refractivity contribution in [2.45, 2.75) is 76.7 Å². The number of nitrogens with one attached hydrogen (secondary N) is 1. The SMILES string of the molecule is [N-]=[N+]=NCCCCCC(=O)CCCOc1cc(C(=O)CC(COCCC(=O)O)COCCC(=O)O)cc(C(=O)NC(COCCC(=O)O)COCCC(=O)O)c1. The number of unbranched alkanes of at least 4 members (excludes halogenated alkanes) is 2. The highest BCUT2D eigenvalue weighted by Gasteiger charge is 2.22. The topological polar surface area (TPSA) is 307 Å². The Morgan fingerprint density at radius 3 is 1.64 bits per heavy atom. The molecule has 0 bridgehead atoms. The summed E-state index contributed by atoms with van der Waals surface area (Å²) in [5.41, 5.74) is 8.38. The molecule has 1 amide bonds. The van der Waals surface area contributed by atoms with Crippen LogP contribution in [0.1, 0.15) is 91.3 Å². The highest BCUT2D eigenvalue weighted by Crippen LogP contribution is 2.22. The third-order valence-corrected chi connectivity index (χ3v) is 7.63. The number of benzene rings is 1. The zero-order valence-electron chi connectivity index (χ0n) is 31.3. The summed E-state index contributed by atoms with van der Waals surface area (Å²) >= 11 is 0. The van der Waals surface area contributed by atoms with Gasteiger partial charge in [-0.15, -0.1) is 0 Å². The van der Waals surface area contributed by atoms with E-state index < -0.39 is 47.5 Å². The fraction of sp³-hybridized carbons (Fsp3) is 0.639. The van der Waals surface area contributed by atoms with Gasteiger partial charge >= 0.3 is 23.9 Å². The number of hydrogen-bond acceptors (Lipinski definition) is 13. The van der Waals surface area contributed by atoms with Gasteiger partial charge < -0.3 is 49.4 Å². The molecule has 20 heteroatoms. The molecule has 0 fully saturated rings. The van der Waals surface area contributed by atoms with Crippen molar-refractivity contribution < 1.29 is 77.7 Å². The van der Waals surface area contributed by atoms with Crippen molar-refractivity contribution in [1.29, 1.82) is 0 Å². The summed E-state index contributed by atoms with van der Waals surface area (Å²) in [4.78, 5) is 85.9. The average molecular weight is 797 g/mol. The van der Waals surface area contributed by atoms with Crippen molar-refractivity contribution in [3.63, 3.8) is 0 Å². The number of ether oxygens (including phenoxy) is 5. The smallest absolute Gasteiger partial charge is 0.305 e. The van der Waals surface area contributed by atoms with Crippen LogP contribution < -0.4 is 10.1 Å². The van der Waals surface area contributed by atoms with Crippen LogP contribution >= 0.6 is 0 Å². The molecule has 20 nitrogen and oxygen atoms in total. The summed E-state index contributed by atoms with van der Waals surface area (Å²) in [5, 5.41) is 41.8. The summed E-state index contributed by atoms with van der Waals surface area (Å²) in [5.74, 6) is -5.99. The van der Waals surface area contributed by atoms with E-state index in [1.165, 1.54) is 18.2 Å². The van der Waals surface area contributed by atoms with E-state index in [9.17, 15) is 33.6 Å². The maximum atomic E-state index is 13.7. The van der Waals surface area contributed by atoms with Crippen molar-refractivity contribution in [1.82, 2.24) is 5.32 Å². The highest BCUT2D eigenvalue weighted by molar-refractivity contribution is 6.01. The number of Topliss-reactive ketones (excluding diaryl/α,β-unsaturated/α-hetero) is 2. The number of nitrogens with zero attached hydrogens (tertiary/aromatic N) is 3. The Kier molecular flexibility index (Phi) is 26.3. The lowest BCUT2D eigenvalue weighted by molar-refractivity contribution is -0.139. The molecule has 5 N–H and O–H groups in total. The average Bonchev–Trinajstić information content (AvgIpc) is 3.14. The second kappa shape index (κ2) is 30.1. The van der Waals surface area contributed by atoms with E-state index in [0.29, 0.717) is 32.2 Å². The van der Waals surface area contributed by atoms with Gasteiger partial charge in [0.2, 0.25) is 0 Å². The number of rotatable bonds is 36. The molecule has 0 aromatic heterocycles. The third kappa shape index (κ3) is 25.8. The molecule has 0 aliphatic carbocycles. The van der Waals surface area contributed by atoms with Crippen LogP contribution in [0, 0.1) is 5.92 Å². The second-order valence-corrected chi connectivity index (χ2v) is 12.5. The predicted octanol–water partition coefficient (Wildman–Crippen LogP) is 3.54. The van der Waals surface area contributed by atoms with Crippen LogP contribution in [0.2, 0.25) is 0 Å². The minimum Gasteiger partial charge on any atom is -0.494 e. The van der Waals surface area contributed by atoms with Gasteiger partial charge in [-0.3, -0.25) is 33.6 Å². The standard InChI is InChI=1S/C36H52N4O16/c37-40-38-11-3-1-2-5-29(41)6-4-12-56-30-19-26(31(42)17-25(21-52-13-7-32(43)44)22-53-14-8-33(45)46)18-27(20-30)36(51)39-28(23-54-15-9-34(47)48)24-55-16-10-35(49)50/h18-20,25,28H,1-17,21-24H2,(H,39,51)(H,43,44)(H,45,46)(H,47,48)(H,49,50). The first-order chi connectivity index (χ1) is 26.8. The van der Waals surface area contributed by atoms with E-state index >= 15 is 0 Å². The molecule has 56 heavy (non-hydrogen) atoms.